The van der Waals surface area contributed by atoms with Crippen LogP contribution in [0.1, 0.15) is 50.8 Å². The van der Waals surface area contributed by atoms with E-state index in [1.165, 1.54) is 11.1 Å². The SMILES string of the molecule is CCCNC1c2ccccc2CCC1OC(C)COCC. The van der Waals surface area contributed by atoms with Crippen LogP contribution in [0.5, 0.6) is 0 Å². The van der Waals surface area contributed by atoms with Gasteiger partial charge in [-0.25, -0.2) is 0 Å². The van der Waals surface area contributed by atoms with Gasteiger partial charge in [0.15, 0.2) is 0 Å². The summed E-state index contributed by atoms with van der Waals surface area (Å²) in [6.45, 7) is 8.78. The maximum absolute atomic E-state index is 6.27. The van der Waals surface area contributed by atoms with Gasteiger partial charge in [-0.3, -0.25) is 0 Å². The highest BCUT2D eigenvalue weighted by Gasteiger charge is 2.30. The number of fused-ring (bicyclic) bond motifs is 1. The summed E-state index contributed by atoms with van der Waals surface area (Å²) < 4.78 is 11.7. The number of hydrogen-bond acceptors (Lipinski definition) is 3. The molecule has 1 aromatic carbocycles. The van der Waals surface area contributed by atoms with E-state index in [-0.39, 0.29) is 12.2 Å². The quantitative estimate of drug-likeness (QED) is 0.795. The van der Waals surface area contributed by atoms with E-state index in [0.717, 1.165) is 32.4 Å². The van der Waals surface area contributed by atoms with E-state index < -0.39 is 0 Å². The third-order valence-electron chi connectivity index (χ3n) is 4.04. The van der Waals surface area contributed by atoms with Gasteiger partial charge in [0.05, 0.1) is 24.9 Å². The fourth-order valence-electron chi connectivity index (χ4n) is 3.04. The van der Waals surface area contributed by atoms with Crippen LogP contribution >= 0.6 is 0 Å². The summed E-state index contributed by atoms with van der Waals surface area (Å²) in [5.41, 5.74) is 2.87. The lowest BCUT2D eigenvalue weighted by molar-refractivity contribution is -0.0656. The molecule has 1 N–H and O–H groups in total. The normalized spacial score (nSPS) is 22.8. The fraction of sp³-hybridized carbons (Fsp3) is 0.667. The molecule has 0 fully saturated rings. The van der Waals surface area contributed by atoms with Crippen molar-refractivity contribution in [3.05, 3.63) is 35.4 Å². The van der Waals surface area contributed by atoms with Crippen LogP contribution in [0.2, 0.25) is 0 Å². The molecule has 3 atom stereocenters. The number of nitrogens with one attached hydrogen (secondary N) is 1. The van der Waals surface area contributed by atoms with Crippen LogP contribution in [-0.4, -0.2) is 32.0 Å². The zero-order valence-electron chi connectivity index (χ0n) is 13.6. The summed E-state index contributed by atoms with van der Waals surface area (Å²) in [4.78, 5) is 0. The van der Waals surface area contributed by atoms with Crippen LogP contribution in [0.25, 0.3) is 0 Å². The highest BCUT2D eigenvalue weighted by molar-refractivity contribution is 5.33. The molecular formula is C18H29NO2. The van der Waals surface area contributed by atoms with Gasteiger partial charge in [-0.2, -0.15) is 0 Å². The minimum atomic E-state index is 0.145. The largest absolute Gasteiger partial charge is 0.379 e. The van der Waals surface area contributed by atoms with Crippen molar-refractivity contribution in [3.8, 4) is 0 Å². The molecule has 0 saturated heterocycles. The molecule has 3 nitrogen and oxygen atoms in total. The molecular weight excluding hydrogens is 262 g/mol. The molecule has 0 spiro atoms. The highest BCUT2D eigenvalue weighted by Crippen LogP contribution is 2.32. The van der Waals surface area contributed by atoms with Gasteiger partial charge in [0.1, 0.15) is 0 Å². The van der Waals surface area contributed by atoms with E-state index in [0.29, 0.717) is 12.6 Å². The number of rotatable bonds is 8. The molecule has 0 aromatic heterocycles. The van der Waals surface area contributed by atoms with Gasteiger partial charge < -0.3 is 14.8 Å². The van der Waals surface area contributed by atoms with E-state index in [9.17, 15) is 0 Å². The van der Waals surface area contributed by atoms with Gasteiger partial charge >= 0.3 is 0 Å². The Hall–Kier alpha value is -0.900. The summed E-state index contributed by atoms with van der Waals surface area (Å²) in [7, 11) is 0. The third kappa shape index (κ3) is 4.53. The number of ether oxygens (including phenoxy) is 2. The first-order chi connectivity index (χ1) is 10.3. The van der Waals surface area contributed by atoms with Crippen molar-refractivity contribution in [1.82, 2.24) is 5.32 Å². The first-order valence-electron chi connectivity index (χ1n) is 8.30. The van der Waals surface area contributed by atoms with Crippen molar-refractivity contribution in [2.75, 3.05) is 19.8 Å². The molecule has 0 bridgehead atoms. The molecule has 2 rings (SSSR count). The van der Waals surface area contributed by atoms with Gasteiger partial charge in [0.25, 0.3) is 0 Å². The molecule has 1 aliphatic rings. The molecule has 118 valence electrons. The van der Waals surface area contributed by atoms with Crippen molar-refractivity contribution < 1.29 is 9.47 Å². The van der Waals surface area contributed by atoms with Gasteiger partial charge in [-0.15, -0.1) is 0 Å². The van der Waals surface area contributed by atoms with Crippen LogP contribution in [0.3, 0.4) is 0 Å². The van der Waals surface area contributed by atoms with E-state index in [1.54, 1.807) is 0 Å². The molecule has 1 aliphatic carbocycles. The second-order valence-electron chi connectivity index (χ2n) is 5.81. The topological polar surface area (TPSA) is 30.5 Å². The van der Waals surface area contributed by atoms with E-state index in [2.05, 4.69) is 43.4 Å². The zero-order valence-corrected chi connectivity index (χ0v) is 13.6. The smallest absolute Gasteiger partial charge is 0.0785 e. The molecule has 21 heavy (non-hydrogen) atoms. The Morgan fingerprint density at radius 3 is 2.86 bits per heavy atom. The Kier molecular flexibility index (Phi) is 6.68. The molecule has 0 amide bonds. The van der Waals surface area contributed by atoms with Crippen LogP contribution in [0.15, 0.2) is 24.3 Å². The Bertz CT molecular complexity index is 421. The van der Waals surface area contributed by atoms with E-state index in [4.69, 9.17) is 9.47 Å². The van der Waals surface area contributed by atoms with E-state index >= 15 is 0 Å². The summed E-state index contributed by atoms with van der Waals surface area (Å²) in [6, 6.07) is 9.06. The van der Waals surface area contributed by atoms with Crippen LogP contribution < -0.4 is 5.32 Å². The van der Waals surface area contributed by atoms with Crippen LogP contribution in [0, 0.1) is 0 Å². The van der Waals surface area contributed by atoms with Gasteiger partial charge in [-0.05, 0) is 50.8 Å². The van der Waals surface area contributed by atoms with Crippen molar-refractivity contribution >= 4 is 0 Å². The summed E-state index contributed by atoms with van der Waals surface area (Å²) in [5.74, 6) is 0. The molecule has 3 unspecified atom stereocenters. The molecule has 1 aromatic rings. The van der Waals surface area contributed by atoms with Gasteiger partial charge in [-0.1, -0.05) is 31.2 Å². The molecule has 0 radical (unpaired) electrons. The summed E-state index contributed by atoms with van der Waals surface area (Å²) >= 11 is 0. The Balaban J connectivity index is 2.06. The summed E-state index contributed by atoms with van der Waals surface area (Å²) in [6.07, 6.45) is 3.70. The average molecular weight is 291 g/mol. The minimum absolute atomic E-state index is 0.145. The first-order valence-corrected chi connectivity index (χ1v) is 8.30. The van der Waals surface area contributed by atoms with Crippen molar-refractivity contribution in [3.63, 3.8) is 0 Å². The molecule has 3 heteroatoms. The number of aryl methyl sites for hydroxylation is 1. The maximum Gasteiger partial charge on any atom is 0.0785 e. The second-order valence-corrected chi connectivity index (χ2v) is 5.81. The molecule has 0 saturated carbocycles. The number of benzene rings is 1. The van der Waals surface area contributed by atoms with Crippen molar-refractivity contribution in [2.45, 2.75) is 58.3 Å². The van der Waals surface area contributed by atoms with Crippen molar-refractivity contribution in [1.29, 1.82) is 0 Å². The lowest BCUT2D eigenvalue weighted by Crippen LogP contribution is -2.40. The summed E-state index contributed by atoms with van der Waals surface area (Å²) in [5, 5.41) is 3.67. The lowest BCUT2D eigenvalue weighted by Gasteiger charge is -2.36. The lowest BCUT2D eigenvalue weighted by atomic mass is 9.85. The number of hydrogen-bond donors (Lipinski definition) is 1. The highest BCUT2D eigenvalue weighted by atomic mass is 16.5. The van der Waals surface area contributed by atoms with Crippen LogP contribution in [-0.2, 0) is 15.9 Å². The molecule has 0 aliphatic heterocycles. The third-order valence-corrected chi connectivity index (χ3v) is 4.04. The monoisotopic (exact) mass is 291 g/mol. The Labute approximate surface area is 129 Å². The fourth-order valence-corrected chi connectivity index (χ4v) is 3.04. The zero-order chi connectivity index (χ0) is 15.1. The predicted octanol–water partition coefficient (Wildman–Crippen LogP) is 3.48. The minimum Gasteiger partial charge on any atom is -0.379 e. The first kappa shape index (κ1) is 16.5. The standard InChI is InChI=1S/C18H29NO2/c1-4-12-19-18-16-9-7-6-8-15(16)10-11-17(18)21-14(3)13-20-5-2/h6-9,14,17-19H,4-5,10-13H2,1-3H3. The Morgan fingerprint density at radius 2 is 2.10 bits per heavy atom. The van der Waals surface area contributed by atoms with Gasteiger partial charge in [0, 0.05) is 6.61 Å². The van der Waals surface area contributed by atoms with Gasteiger partial charge in [0.2, 0.25) is 0 Å². The average Bonchev–Trinajstić information content (AvgIpc) is 2.51. The van der Waals surface area contributed by atoms with E-state index in [1.807, 2.05) is 6.92 Å². The predicted molar refractivity (Wildman–Crippen MR) is 86.6 cm³/mol. The van der Waals surface area contributed by atoms with Crippen molar-refractivity contribution in [2.24, 2.45) is 0 Å². The second kappa shape index (κ2) is 8.52. The Morgan fingerprint density at radius 1 is 1.29 bits per heavy atom. The maximum atomic E-state index is 6.27. The molecule has 0 heterocycles. The van der Waals surface area contributed by atoms with Crippen LogP contribution in [0.4, 0.5) is 0 Å².